The molecule has 2 atom stereocenters. The van der Waals surface area contributed by atoms with Crippen molar-refractivity contribution in [1.82, 2.24) is 4.90 Å². The van der Waals surface area contributed by atoms with Crippen molar-refractivity contribution in [1.29, 1.82) is 0 Å². The van der Waals surface area contributed by atoms with Gasteiger partial charge in [-0.2, -0.15) is 0 Å². The number of esters is 2. The molecule has 0 saturated heterocycles. The Bertz CT molecular complexity index is 942. The first-order chi connectivity index (χ1) is 28.2. The Labute approximate surface area is 367 Å². The molecule has 0 spiro atoms. The van der Waals surface area contributed by atoms with Crippen LogP contribution in [0.25, 0.3) is 0 Å². The summed E-state index contributed by atoms with van der Waals surface area (Å²) in [6, 6.07) is 0. The molecule has 0 aliphatic rings. The molecule has 0 aromatic rings. The Morgan fingerprint density at radius 1 is 0.525 bits per heavy atom. The highest BCUT2D eigenvalue weighted by Gasteiger charge is 2.37. The third-order valence-corrected chi connectivity index (χ3v) is 17.1. The first-order valence-corrected chi connectivity index (χ1v) is 28.2. The minimum atomic E-state index is -1.91. The molecule has 0 fully saturated rings. The molecule has 2 N–H and O–H groups in total. The third kappa shape index (κ3) is 36.2. The fraction of sp³-hybridized carbons (Fsp3) is 0.960. The van der Waals surface area contributed by atoms with E-state index in [2.05, 4.69) is 59.5 Å². The Kier molecular flexibility index (Phi) is 38.0. The number of carbonyl (C=O) groups is 2. The number of carbonyl (C=O) groups excluding carboxylic acids is 2. The van der Waals surface area contributed by atoms with E-state index in [4.69, 9.17) is 13.9 Å². The number of unbranched alkanes of at least 4 members (excludes halogenated alkanes) is 20. The van der Waals surface area contributed by atoms with Gasteiger partial charge < -0.3 is 24.1 Å². The van der Waals surface area contributed by atoms with Gasteiger partial charge in [-0.15, -0.1) is 0 Å². The summed E-state index contributed by atoms with van der Waals surface area (Å²) < 4.78 is 18.0. The van der Waals surface area contributed by atoms with Crippen molar-refractivity contribution in [3.05, 3.63) is 0 Å². The molecule has 0 bridgehead atoms. The normalized spacial score (nSPS) is 13.4. The average Bonchev–Trinajstić information content (AvgIpc) is 3.17. The van der Waals surface area contributed by atoms with Crippen LogP contribution in [0.1, 0.15) is 241 Å². The Balaban J connectivity index is 4.71. The lowest BCUT2D eigenvalue weighted by Gasteiger charge is -2.37. The second-order valence-corrected chi connectivity index (χ2v) is 24.3. The zero-order chi connectivity index (χ0) is 44.0. The fourth-order valence-corrected chi connectivity index (χ4v) is 8.50. The molecule has 352 valence electrons. The second-order valence-electron chi connectivity index (χ2n) is 19.4. The maximum atomic E-state index is 12.9. The summed E-state index contributed by atoms with van der Waals surface area (Å²) in [4.78, 5) is 27.2. The van der Waals surface area contributed by atoms with E-state index in [-0.39, 0.29) is 23.1 Å². The molecule has 9 heteroatoms. The minimum Gasteiger partial charge on any atom is -0.466 e. The topological polar surface area (TPSA) is 106 Å². The van der Waals surface area contributed by atoms with Crippen LogP contribution >= 0.6 is 0 Å². The first-order valence-electron chi connectivity index (χ1n) is 25.3. The molecule has 0 aliphatic carbocycles. The van der Waals surface area contributed by atoms with E-state index in [9.17, 15) is 19.8 Å². The summed E-state index contributed by atoms with van der Waals surface area (Å²) in [5, 5.41) is 22.2. The lowest BCUT2D eigenvalue weighted by molar-refractivity contribution is -0.150. The number of rotatable bonds is 43. The van der Waals surface area contributed by atoms with Crippen molar-refractivity contribution in [2.24, 2.45) is 0 Å². The van der Waals surface area contributed by atoms with Gasteiger partial charge in [-0.1, -0.05) is 170 Å². The van der Waals surface area contributed by atoms with Gasteiger partial charge in [0, 0.05) is 39.1 Å². The molecular formula is C50H101NO7Si. The summed E-state index contributed by atoms with van der Waals surface area (Å²) in [7, 11) is -1.91. The van der Waals surface area contributed by atoms with Crippen molar-refractivity contribution in [2.75, 3.05) is 32.8 Å². The Hall–Kier alpha value is -1.00. The SMILES string of the molecule is CCCCCCCCCOC(=O)CCCCCC(O)CN(CCO[Si](C)(C)C(C)(C)C)CC(O)CCCCCC(=O)OC(CCCCCCCC)CCCCCCCC. The van der Waals surface area contributed by atoms with Crippen LogP contribution < -0.4 is 0 Å². The van der Waals surface area contributed by atoms with Crippen LogP contribution in [0.15, 0.2) is 0 Å². The standard InChI is InChI=1S/C50H101NO7Si/c1-9-12-15-18-21-24-33-41-56-48(54)38-31-25-27-34-45(52)43-51(40-42-57-59(7,8)50(4,5)6)44-46(53)35-28-26-32-39-49(55)58-47(36-29-22-19-16-13-10-2)37-30-23-20-17-14-11-3/h45-47,52-53H,9-44H2,1-8H3. The fourth-order valence-electron chi connectivity index (χ4n) is 7.46. The molecule has 0 saturated carbocycles. The molecule has 2 unspecified atom stereocenters. The summed E-state index contributed by atoms with van der Waals surface area (Å²) in [6.45, 7) is 20.7. The van der Waals surface area contributed by atoms with Gasteiger partial charge in [0.25, 0.3) is 0 Å². The largest absolute Gasteiger partial charge is 0.466 e. The molecule has 0 aromatic carbocycles. The van der Waals surface area contributed by atoms with Crippen molar-refractivity contribution in [3.63, 3.8) is 0 Å². The average molecular weight is 856 g/mol. The van der Waals surface area contributed by atoms with E-state index < -0.39 is 20.5 Å². The lowest BCUT2D eigenvalue weighted by atomic mass is 10.0. The van der Waals surface area contributed by atoms with E-state index in [0.717, 1.165) is 77.0 Å². The number of aliphatic hydroxyl groups is 2. The van der Waals surface area contributed by atoms with Crippen molar-refractivity contribution < 1.29 is 33.7 Å². The first kappa shape index (κ1) is 58.0. The zero-order valence-corrected chi connectivity index (χ0v) is 41.6. The number of hydrogen-bond donors (Lipinski definition) is 2. The highest BCUT2D eigenvalue weighted by Crippen LogP contribution is 2.36. The third-order valence-electron chi connectivity index (χ3n) is 12.5. The maximum Gasteiger partial charge on any atom is 0.306 e. The lowest BCUT2D eigenvalue weighted by Crippen LogP contribution is -2.45. The highest BCUT2D eigenvalue weighted by atomic mass is 28.4. The Morgan fingerprint density at radius 2 is 0.915 bits per heavy atom. The van der Waals surface area contributed by atoms with Crippen LogP contribution in [0.5, 0.6) is 0 Å². The van der Waals surface area contributed by atoms with Crippen molar-refractivity contribution in [3.8, 4) is 0 Å². The van der Waals surface area contributed by atoms with Gasteiger partial charge in [0.2, 0.25) is 0 Å². The molecule has 0 aliphatic heterocycles. The smallest absolute Gasteiger partial charge is 0.306 e. The van der Waals surface area contributed by atoms with Crippen LogP contribution in [-0.2, 0) is 23.5 Å². The molecule has 0 aromatic heterocycles. The van der Waals surface area contributed by atoms with Gasteiger partial charge in [-0.25, -0.2) is 0 Å². The molecular weight excluding hydrogens is 755 g/mol. The molecule has 0 radical (unpaired) electrons. The number of aliphatic hydroxyl groups excluding tert-OH is 2. The molecule has 59 heavy (non-hydrogen) atoms. The van der Waals surface area contributed by atoms with Crippen molar-refractivity contribution >= 4 is 20.3 Å². The monoisotopic (exact) mass is 856 g/mol. The van der Waals surface area contributed by atoms with E-state index in [0.29, 0.717) is 58.5 Å². The molecule has 8 nitrogen and oxygen atoms in total. The van der Waals surface area contributed by atoms with Gasteiger partial charge >= 0.3 is 11.9 Å². The van der Waals surface area contributed by atoms with Crippen LogP contribution in [-0.4, -0.2) is 86.5 Å². The van der Waals surface area contributed by atoms with Crippen LogP contribution in [0.3, 0.4) is 0 Å². The molecule has 0 heterocycles. The van der Waals surface area contributed by atoms with Gasteiger partial charge in [-0.05, 0) is 75.9 Å². The van der Waals surface area contributed by atoms with Gasteiger partial charge in [0.05, 0.1) is 18.8 Å². The maximum absolute atomic E-state index is 12.9. The predicted octanol–water partition coefficient (Wildman–Crippen LogP) is 13.6. The summed E-state index contributed by atoms with van der Waals surface area (Å²) in [5.74, 6) is -0.169. The van der Waals surface area contributed by atoms with Gasteiger partial charge in [-0.3, -0.25) is 14.5 Å². The molecule has 0 rings (SSSR count). The minimum absolute atomic E-state index is 0.0526. The van der Waals surface area contributed by atoms with Crippen LogP contribution in [0.2, 0.25) is 18.1 Å². The molecule has 0 amide bonds. The van der Waals surface area contributed by atoms with Crippen LogP contribution in [0, 0.1) is 0 Å². The highest BCUT2D eigenvalue weighted by molar-refractivity contribution is 6.74. The van der Waals surface area contributed by atoms with E-state index in [1.54, 1.807) is 0 Å². The van der Waals surface area contributed by atoms with Crippen molar-refractivity contribution in [2.45, 2.75) is 277 Å². The quantitative estimate of drug-likeness (QED) is 0.0355. The number of ether oxygens (including phenoxy) is 2. The zero-order valence-electron chi connectivity index (χ0n) is 40.6. The van der Waals surface area contributed by atoms with E-state index >= 15 is 0 Å². The van der Waals surface area contributed by atoms with Gasteiger partial charge in [0.15, 0.2) is 8.32 Å². The van der Waals surface area contributed by atoms with E-state index in [1.807, 2.05) is 0 Å². The second kappa shape index (κ2) is 38.7. The van der Waals surface area contributed by atoms with Crippen LogP contribution in [0.4, 0.5) is 0 Å². The number of hydrogen-bond acceptors (Lipinski definition) is 8. The predicted molar refractivity (Wildman–Crippen MR) is 253 cm³/mol. The summed E-state index contributed by atoms with van der Waals surface area (Å²) in [5.41, 5.74) is 0. The van der Waals surface area contributed by atoms with Gasteiger partial charge in [0.1, 0.15) is 6.10 Å². The van der Waals surface area contributed by atoms with E-state index in [1.165, 1.54) is 96.3 Å². The number of nitrogens with zero attached hydrogens (tertiary/aromatic N) is 1. The Morgan fingerprint density at radius 3 is 1.37 bits per heavy atom. The summed E-state index contributed by atoms with van der Waals surface area (Å²) in [6.07, 6.45) is 31.8. The summed E-state index contributed by atoms with van der Waals surface area (Å²) >= 11 is 0.